The van der Waals surface area contributed by atoms with Gasteiger partial charge in [-0.2, -0.15) is 0 Å². The van der Waals surface area contributed by atoms with Crippen LogP contribution in [-0.2, 0) is 9.63 Å². The van der Waals surface area contributed by atoms with Crippen LogP contribution in [0.4, 0.5) is 0 Å². The highest BCUT2D eigenvalue weighted by Crippen LogP contribution is 2.48. The Morgan fingerprint density at radius 2 is 2.39 bits per heavy atom. The molecule has 0 aromatic carbocycles. The van der Waals surface area contributed by atoms with Gasteiger partial charge in [0.25, 0.3) is 0 Å². The normalized spacial score (nSPS) is 20.6. The lowest BCUT2D eigenvalue weighted by atomic mass is 10.5. The van der Waals surface area contributed by atoms with E-state index >= 15 is 0 Å². The molecule has 1 aliphatic rings. The molecule has 2 rings (SSSR count). The van der Waals surface area contributed by atoms with Crippen LogP contribution in [-0.4, -0.2) is 43.4 Å². The molecule has 0 radical (unpaired) electrons. The number of hydroxylamine groups is 1. The lowest BCUT2D eigenvalue weighted by molar-refractivity contribution is -0.153. The molecule has 100 valence electrons. The largest absolute Gasteiger partial charge is 0.423 e. The maximum absolute atomic E-state index is 11.4. The number of hydrogen-bond acceptors (Lipinski definition) is 7. The summed E-state index contributed by atoms with van der Waals surface area (Å²) in [6.07, 6.45) is 3.59. The van der Waals surface area contributed by atoms with E-state index in [2.05, 4.69) is 4.98 Å². The second-order valence-corrected chi connectivity index (χ2v) is 5.76. The van der Waals surface area contributed by atoms with E-state index in [0.29, 0.717) is 18.7 Å². The highest BCUT2D eigenvalue weighted by molar-refractivity contribution is 8.22. The van der Waals surface area contributed by atoms with E-state index in [0.717, 1.165) is 4.47 Å². The Kier molecular flexibility index (Phi) is 4.15. The van der Waals surface area contributed by atoms with Gasteiger partial charge in [-0.25, -0.2) is 4.79 Å². The van der Waals surface area contributed by atoms with Crippen LogP contribution < -0.4 is 4.74 Å². The van der Waals surface area contributed by atoms with E-state index in [-0.39, 0.29) is 12.4 Å². The quantitative estimate of drug-likeness (QED) is 0.799. The molecule has 0 unspecified atom stereocenters. The van der Waals surface area contributed by atoms with Crippen molar-refractivity contribution in [3.05, 3.63) is 24.5 Å². The fourth-order valence-electron chi connectivity index (χ4n) is 1.48. The fraction of sp³-hybridized carbons (Fsp3) is 0.400. The third-order valence-electron chi connectivity index (χ3n) is 2.28. The lowest BCUT2D eigenvalue weighted by Crippen LogP contribution is -2.28. The van der Waals surface area contributed by atoms with Crippen molar-refractivity contribution in [1.82, 2.24) is 9.45 Å². The molecule has 1 fully saturated rings. The SMILES string of the molecule is O=C(CON1CCCS1(O)O)Oc1cccnc1. The molecule has 1 aromatic heterocycles. The van der Waals surface area contributed by atoms with Crippen LogP contribution in [0.25, 0.3) is 0 Å². The average Bonchev–Trinajstić information content (AvgIpc) is 2.67. The van der Waals surface area contributed by atoms with E-state index in [9.17, 15) is 13.9 Å². The smallest absolute Gasteiger partial charge is 0.339 e. The predicted molar refractivity (Wildman–Crippen MR) is 64.9 cm³/mol. The van der Waals surface area contributed by atoms with Gasteiger partial charge in [-0.1, -0.05) is 4.47 Å². The zero-order valence-electron chi connectivity index (χ0n) is 9.56. The number of hydrogen-bond donors (Lipinski definition) is 2. The van der Waals surface area contributed by atoms with Gasteiger partial charge in [-0.05, 0) is 18.6 Å². The summed E-state index contributed by atoms with van der Waals surface area (Å²) in [7, 11) is -2.86. The van der Waals surface area contributed by atoms with Gasteiger partial charge in [0.05, 0.1) is 11.9 Å². The molecule has 0 saturated carbocycles. The number of pyridine rings is 1. The van der Waals surface area contributed by atoms with Gasteiger partial charge in [-0.3, -0.25) is 18.9 Å². The van der Waals surface area contributed by atoms with Crippen LogP contribution in [0.2, 0.25) is 0 Å². The van der Waals surface area contributed by atoms with Gasteiger partial charge in [0.2, 0.25) is 0 Å². The van der Waals surface area contributed by atoms with E-state index in [1.54, 1.807) is 18.3 Å². The van der Waals surface area contributed by atoms with Crippen molar-refractivity contribution >= 4 is 16.7 Å². The minimum absolute atomic E-state index is 0.269. The lowest BCUT2D eigenvalue weighted by Gasteiger charge is -2.34. The molecule has 8 heteroatoms. The number of carbonyl (C=O) groups excluding carboxylic acids is 1. The van der Waals surface area contributed by atoms with Gasteiger partial charge < -0.3 is 4.74 Å². The molecule has 0 amide bonds. The van der Waals surface area contributed by atoms with E-state index < -0.39 is 16.7 Å². The number of rotatable bonds is 4. The van der Waals surface area contributed by atoms with E-state index in [4.69, 9.17) is 9.57 Å². The summed E-state index contributed by atoms with van der Waals surface area (Å²) in [6, 6.07) is 3.23. The summed E-state index contributed by atoms with van der Waals surface area (Å²) in [4.78, 5) is 20.2. The molecule has 2 N–H and O–H groups in total. The summed E-state index contributed by atoms with van der Waals surface area (Å²) in [6.45, 7) is 0.0211. The van der Waals surface area contributed by atoms with Gasteiger partial charge in [-0.15, -0.1) is 10.8 Å². The third kappa shape index (κ3) is 3.40. The first-order valence-corrected chi connectivity index (χ1v) is 7.02. The molecule has 0 aliphatic carbocycles. The molecule has 1 aliphatic heterocycles. The number of aromatic nitrogens is 1. The molecule has 0 bridgehead atoms. The molecule has 1 aromatic rings. The summed E-state index contributed by atoms with van der Waals surface area (Å²) < 4.78 is 25.1. The van der Waals surface area contributed by atoms with Crippen LogP contribution in [0, 0.1) is 0 Å². The first kappa shape index (κ1) is 13.2. The Balaban J connectivity index is 1.79. The van der Waals surface area contributed by atoms with Gasteiger partial charge in [0.15, 0.2) is 6.61 Å². The number of nitrogens with zero attached hydrogens (tertiary/aromatic N) is 2. The van der Waals surface area contributed by atoms with Crippen molar-refractivity contribution in [3.8, 4) is 5.75 Å². The Labute approximate surface area is 106 Å². The van der Waals surface area contributed by atoms with E-state index in [1.807, 2.05) is 0 Å². The third-order valence-corrected chi connectivity index (χ3v) is 4.05. The summed E-state index contributed by atoms with van der Waals surface area (Å²) in [5.74, 6) is -0.0331. The molecule has 2 heterocycles. The molecule has 1 saturated heterocycles. The zero-order valence-corrected chi connectivity index (χ0v) is 10.4. The molecule has 0 atom stereocenters. The topological polar surface area (TPSA) is 92.1 Å². The van der Waals surface area contributed by atoms with Gasteiger partial charge >= 0.3 is 5.97 Å². The molecule has 18 heavy (non-hydrogen) atoms. The summed E-state index contributed by atoms with van der Waals surface area (Å²) in [5.41, 5.74) is 0. The van der Waals surface area contributed by atoms with Gasteiger partial charge in [0.1, 0.15) is 5.75 Å². The van der Waals surface area contributed by atoms with Crippen molar-refractivity contribution in [2.75, 3.05) is 18.9 Å². The molecule has 7 nitrogen and oxygen atoms in total. The van der Waals surface area contributed by atoms with Crippen LogP contribution in [0.1, 0.15) is 6.42 Å². The molecular weight excluding hydrogens is 260 g/mol. The highest BCUT2D eigenvalue weighted by Gasteiger charge is 2.30. The summed E-state index contributed by atoms with van der Waals surface area (Å²) in [5, 5.41) is 0. The zero-order chi connectivity index (χ0) is 13.0. The van der Waals surface area contributed by atoms with Gasteiger partial charge in [0, 0.05) is 12.7 Å². The standard InChI is InChI=1S/C10H14N2O5S/c13-10(17-9-3-1-4-11-7-9)8-16-12-5-2-6-18(12,14)15/h1,3-4,7,14-15H,2,5-6,8H2. The Bertz CT molecular complexity index is 414. The minimum Gasteiger partial charge on any atom is -0.423 e. The fourth-order valence-corrected chi connectivity index (χ4v) is 2.84. The molecule has 0 spiro atoms. The van der Waals surface area contributed by atoms with Crippen LogP contribution in [0.15, 0.2) is 24.5 Å². The highest BCUT2D eigenvalue weighted by atomic mass is 32.3. The number of carbonyl (C=O) groups is 1. The Morgan fingerprint density at radius 3 is 3.00 bits per heavy atom. The van der Waals surface area contributed by atoms with Crippen LogP contribution in [0.5, 0.6) is 5.75 Å². The summed E-state index contributed by atoms with van der Waals surface area (Å²) >= 11 is 0. The van der Waals surface area contributed by atoms with Crippen molar-refractivity contribution in [1.29, 1.82) is 0 Å². The number of ether oxygens (including phenoxy) is 1. The number of esters is 1. The monoisotopic (exact) mass is 274 g/mol. The Morgan fingerprint density at radius 1 is 1.56 bits per heavy atom. The maximum Gasteiger partial charge on any atom is 0.339 e. The first-order chi connectivity index (χ1) is 8.58. The Hall–Kier alpha value is -1.19. The maximum atomic E-state index is 11.4. The predicted octanol–water partition coefficient (Wildman–Crippen LogP) is 1.29. The minimum atomic E-state index is -2.86. The van der Waals surface area contributed by atoms with Crippen molar-refractivity contribution in [3.63, 3.8) is 0 Å². The van der Waals surface area contributed by atoms with Crippen LogP contribution in [0.3, 0.4) is 0 Å². The van der Waals surface area contributed by atoms with Crippen molar-refractivity contribution in [2.45, 2.75) is 6.42 Å². The molecular formula is C10H14N2O5S. The second kappa shape index (κ2) is 5.63. The van der Waals surface area contributed by atoms with Crippen molar-refractivity contribution in [2.24, 2.45) is 0 Å². The average molecular weight is 274 g/mol. The van der Waals surface area contributed by atoms with Crippen LogP contribution >= 0.6 is 10.8 Å². The van der Waals surface area contributed by atoms with E-state index in [1.165, 1.54) is 6.20 Å². The second-order valence-electron chi connectivity index (χ2n) is 3.68. The first-order valence-electron chi connectivity index (χ1n) is 5.35. The van der Waals surface area contributed by atoms with Crippen molar-refractivity contribution < 1.29 is 23.5 Å².